The lowest BCUT2D eigenvalue weighted by molar-refractivity contribution is 0.313. The Balaban J connectivity index is 1.95. The highest BCUT2D eigenvalue weighted by molar-refractivity contribution is 5.32. The SMILES string of the molecule is CN1Cc2ccccc2CC(c2ccccc2)C1. The zero-order chi connectivity index (χ0) is 12.4. The van der Waals surface area contributed by atoms with E-state index in [2.05, 4.69) is 66.5 Å². The van der Waals surface area contributed by atoms with Crippen LogP contribution in [0.25, 0.3) is 0 Å². The number of rotatable bonds is 1. The van der Waals surface area contributed by atoms with Crippen LogP contribution in [0.4, 0.5) is 0 Å². The van der Waals surface area contributed by atoms with Gasteiger partial charge in [-0.05, 0) is 30.2 Å². The third kappa shape index (κ3) is 2.32. The van der Waals surface area contributed by atoms with Crippen LogP contribution in [0.1, 0.15) is 22.6 Å². The highest BCUT2D eigenvalue weighted by atomic mass is 15.1. The quantitative estimate of drug-likeness (QED) is 0.734. The van der Waals surface area contributed by atoms with E-state index >= 15 is 0 Å². The Kier molecular flexibility index (Phi) is 3.16. The monoisotopic (exact) mass is 237 g/mol. The van der Waals surface area contributed by atoms with Gasteiger partial charge in [0.2, 0.25) is 0 Å². The molecule has 0 spiro atoms. The number of hydrogen-bond donors (Lipinski definition) is 0. The molecule has 0 aliphatic carbocycles. The highest BCUT2D eigenvalue weighted by Gasteiger charge is 2.20. The van der Waals surface area contributed by atoms with E-state index in [4.69, 9.17) is 0 Å². The standard InChI is InChI=1S/C17H19N/c1-18-12-16-10-6-5-9-15(16)11-17(13-18)14-7-3-2-4-8-14/h2-10,17H,11-13H2,1H3. The molecule has 92 valence electrons. The van der Waals surface area contributed by atoms with Crippen LogP contribution >= 0.6 is 0 Å². The van der Waals surface area contributed by atoms with Crippen molar-refractivity contribution in [2.24, 2.45) is 0 Å². The topological polar surface area (TPSA) is 3.24 Å². The summed E-state index contributed by atoms with van der Waals surface area (Å²) >= 11 is 0. The van der Waals surface area contributed by atoms with E-state index in [1.807, 2.05) is 0 Å². The van der Waals surface area contributed by atoms with Crippen molar-refractivity contribution in [3.63, 3.8) is 0 Å². The fourth-order valence-corrected chi connectivity index (χ4v) is 2.92. The Morgan fingerprint density at radius 3 is 2.33 bits per heavy atom. The molecule has 0 aromatic heterocycles. The van der Waals surface area contributed by atoms with E-state index in [-0.39, 0.29) is 0 Å². The van der Waals surface area contributed by atoms with Crippen molar-refractivity contribution in [2.45, 2.75) is 18.9 Å². The van der Waals surface area contributed by atoms with Gasteiger partial charge in [-0.3, -0.25) is 0 Å². The highest BCUT2D eigenvalue weighted by Crippen LogP contribution is 2.27. The van der Waals surface area contributed by atoms with Crippen LogP contribution in [-0.2, 0) is 13.0 Å². The van der Waals surface area contributed by atoms with Gasteiger partial charge in [0.25, 0.3) is 0 Å². The van der Waals surface area contributed by atoms with Crippen LogP contribution in [0.2, 0.25) is 0 Å². The summed E-state index contributed by atoms with van der Waals surface area (Å²) in [5, 5.41) is 0. The molecule has 0 radical (unpaired) electrons. The smallest absolute Gasteiger partial charge is 0.0233 e. The molecule has 2 aromatic rings. The van der Waals surface area contributed by atoms with Gasteiger partial charge in [0, 0.05) is 19.0 Å². The molecule has 1 aliphatic heterocycles. The summed E-state index contributed by atoms with van der Waals surface area (Å²) in [7, 11) is 2.22. The number of fused-ring (bicyclic) bond motifs is 1. The molecule has 1 atom stereocenters. The lowest BCUT2D eigenvalue weighted by atomic mass is 9.91. The van der Waals surface area contributed by atoms with Crippen LogP contribution in [0.15, 0.2) is 54.6 Å². The van der Waals surface area contributed by atoms with Gasteiger partial charge in [-0.25, -0.2) is 0 Å². The Morgan fingerprint density at radius 1 is 0.889 bits per heavy atom. The molecule has 3 rings (SSSR count). The fraction of sp³-hybridized carbons (Fsp3) is 0.294. The Hall–Kier alpha value is -1.60. The van der Waals surface area contributed by atoms with E-state index in [9.17, 15) is 0 Å². The molecule has 0 N–H and O–H groups in total. The maximum absolute atomic E-state index is 2.43. The summed E-state index contributed by atoms with van der Waals surface area (Å²) in [6, 6.07) is 19.8. The normalized spacial score (nSPS) is 20.2. The van der Waals surface area contributed by atoms with Gasteiger partial charge >= 0.3 is 0 Å². The van der Waals surface area contributed by atoms with Gasteiger partial charge in [-0.2, -0.15) is 0 Å². The molecular formula is C17H19N. The molecular weight excluding hydrogens is 218 g/mol. The molecule has 1 heterocycles. The molecule has 0 saturated carbocycles. The van der Waals surface area contributed by atoms with E-state index in [1.54, 1.807) is 0 Å². The minimum Gasteiger partial charge on any atom is -0.301 e. The molecule has 0 fully saturated rings. The Bertz CT molecular complexity index is 518. The molecule has 2 aromatic carbocycles. The largest absolute Gasteiger partial charge is 0.301 e. The first-order valence-electron chi connectivity index (χ1n) is 6.63. The van der Waals surface area contributed by atoms with Crippen molar-refractivity contribution in [3.8, 4) is 0 Å². The molecule has 1 nitrogen and oxygen atoms in total. The van der Waals surface area contributed by atoms with Gasteiger partial charge in [0.1, 0.15) is 0 Å². The molecule has 1 aliphatic rings. The van der Waals surface area contributed by atoms with Gasteiger partial charge < -0.3 is 4.90 Å². The Labute approximate surface area is 109 Å². The molecule has 1 unspecified atom stereocenters. The zero-order valence-corrected chi connectivity index (χ0v) is 10.8. The van der Waals surface area contributed by atoms with E-state index in [1.165, 1.54) is 16.7 Å². The fourth-order valence-electron chi connectivity index (χ4n) is 2.92. The predicted molar refractivity (Wildman–Crippen MR) is 75.7 cm³/mol. The molecule has 0 bridgehead atoms. The van der Waals surface area contributed by atoms with Crippen molar-refractivity contribution >= 4 is 0 Å². The van der Waals surface area contributed by atoms with E-state index in [0.29, 0.717) is 5.92 Å². The van der Waals surface area contributed by atoms with Crippen molar-refractivity contribution < 1.29 is 0 Å². The number of hydrogen-bond acceptors (Lipinski definition) is 1. The summed E-state index contributed by atoms with van der Waals surface area (Å²) in [6.45, 7) is 2.21. The first-order valence-corrected chi connectivity index (χ1v) is 6.63. The first kappa shape index (κ1) is 11.5. The van der Waals surface area contributed by atoms with Crippen molar-refractivity contribution in [3.05, 3.63) is 71.3 Å². The second kappa shape index (κ2) is 4.95. The molecule has 18 heavy (non-hydrogen) atoms. The lowest BCUT2D eigenvalue weighted by Gasteiger charge is -2.20. The first-order chi connectivity index (χ1) is 8.83. The van der Waals surface area contributed by atoms with Crippen LogP contribution in [0, 0.1) is 0 Å². The van der Waals surface area contributed by atoms with Gasteiger partial charge in [0.15, 0.2) is 0 Å². The van der Waals surface area contributed by atoms with Crippen molar-refractivity contribution in [1.29, 1.82) is 0 Å². The third-order valence-electron chi connectivity index (χ3n) is 3.83. The Morgan fingerprint density at radius 2 is 1.56 bits per heavy atom. The second-order valence-electron chi connectivity index (χ2n) is 5.28. The third-order valence-corrected chi connectivity index (χ3v) is 3.83. The van der Waals surface area contributed by atoms with E-state index in [0.717, 1.165) is 19.5 Å². The maximum atomic E-state index is 2.43. The second-order valence-corrected chi connectivity index (χ2v) is 5.28. The number of benzene rings is 2. The summed E-state index contributed by atoms with van der Waals surface area (Å²) in [5.41, 5.74) is 4.45. The summed E-state index contributed by atoms with van der Waals surface area (Å²) in [6.07, 6.45) is 1.16. The number of likely N-dealkylation sites (N-methyl/N-ethyl adjacent to an activating group) is 1. The average molecular weight is 237 g/mol. The van der Waals surface area contributed by atoms with E-state index < -0.39 is 0 Å². The van der Waals surface area contributed by atoms with Crippen molar-refractivity contribution in [2.75, 3.05) is 13.6 Å². The van der Waals surface area contributed by atoms with Crippen LogP contribution in [0.5, 0.6) is 0 Å². The summed E-state index contributed by atoms with van der Waals surface area (Å²) in [4.78, 5) is 2.43. The summed E-state index contributed by atoms with van der Waals surface area (Å²) < 4.78 is 0. The number of nitrogens with zero attached hydrogens (tertiary/aromatic N) is 1. The van der Waals surface area contributed by atoms with Gasteiger partial charge in [0.05, 0.1) is 0 Å². The van der Waals surface area contributed by atoms with Crippen LogP contribution in [0.3, 0.4) is 0 Å². The average Bonchev–Trinajstić information content (AvgIpc) is 2.57. The van der Waals surface area contributed by atoms with Gasteiger partial charge in [-0.1, -0.05) is 54.6 Å². The lowest BCUT2D eigenvalue weighted by Crippen LogP contribution is -2.22. The predicted octanol–water partition coefficient (Wildman–Crippen LogP) is 3.46. The van der Waals surface area contributed by atoms with Crippen LogP contribution in [-0.4, -0.2) is 18.5 Å². The van der Waals surface area contributed by atoms with Crippen molar-refractivity contribution in [1.82, 2.24) is 4.90 Å². The van der Waals surface area contributed by atoms with Gasteiger partial charge in [-0.15, -0.1) is 0 Å². The molecule has 1 heteroatoms. The minimum absolute atomic E-state index is 0.611. The maximum Gasteiger partial charge on any atom is 0.0233 e. The summed E-state index contributed by atoms with van der Waals surface area (Å²) in [5.74, 6) is 0.611. The van der Waals surface area contributed by atoms with Crippen LogP contribution < -0.4 is 0 Å². The molecule has 0 amide bonds. The minimum atomic E-state index is 0.611. The molecule has 0 saturated heterocycles. The zero-order valence-electron chi connectivity index (χ0n) is 10.8.